The molecule has 166 valence electrons. The predicted molar refractivity (Wildman–Crippen MR) is 122 cm³/mol. The van der Waals surface area contributed by atoms with Crippen LogP contribution < -0.4 is 4.90 Å². The number of hydrogen-bond acceptors (Lipinski definition) is 6. The summed E-state index contributed by atoms with van der Waals surface area (Å²) in [5.74, 6) is 0. The number of rotatable bonds is 7. The van der Waals surface area contributed by atoms with E-state index in [-0.39, 0.29) is 6.61 Å². The molecule has 0 fully saturated rings. The Labute approximate surface area is 185 Å². The molecular formula is C22H32N2O4S2. The van der Waals surface area contributed by atoms with Crippen molar-refractivity contribution in [3.05, 3.63) is 48.5 Å². The summed E-state index contributed by atoms with van der Waals surface area (Å²) in [6, 6.07) is 18.1. The highest BCUT2D eigenvalue weighted by Crippen LogP contribution is 2.47. The third kappa shape index (κ3) is 6.21. The molecule has 1 heterocycles. The molecule has 0 amide bonds. The van der Waals surface area contributed by atoms with E-state index in [1.807, 2.05) is 11.8 Å². The summed E-state index contributed by atoms with van der Waals surface area (Å²) in [7, 11) is -2.05. The molecule has 30 heavy (non-hydrogen) atoms. The maximum absolute atomic E-state index is 9.45. The molecule has 0 radical (unpaired) electrons. The quantitative estimate of drug-likeness (QED) is 0.346. The fourth-order valence-electron chi connectivity index (χ4n) is 3.43. The van der Waals surface area contributed by atoms with Gasteiger partial charge >= 0.3 is 0 Å². The summed E-state index contributed by atoms with van der Waals surface area (Å²) < 4.78 is 33.1. The van der Waals surface area contributed by atoms with E-state index in [9.17, 15) is 13.0 Å². The third-order valence-electron chi connectivity index (χ3n) is 5.75. The van der Waals surface area contributed by atoms with Crippen molar-refractivity contribution < 1.29 is 21.6 Å². The minimum Gasteiger partial charge on any atom is -0.726 e. The first-order chi connectivity index (χ1) is 14.1. The lowest BCUT2D eigenvalue weighted by molar-refractivity contribution is -0.926. The first kappa shape index (κ1) is 24.7. The van der Waals surface area contributed by atoms with Crippen LogP contribution in [0.5, 0.6) is 0 Å². The van der Waals surface area contributed by atoms with Gasteiger partial charge in [0.15, 0.2) is 0 Å². The summed E-state index contributed by atoms with van der Waals surface area (Å²) in [6.45, 7) is 11.7. The van der Waals surface area contributed by atoms with E-state index >= 15 is 0 Å². The second kappa shape index (κ2) is 10.6. The van der Waals surface area contributed by atoms with Crippen molar-refractivity contribution in [3.63, 3.8) is 0 Å². The number of fused-ring (bicyclic) bond motifs is 2. The lowest BCUT2D eigenvalue weighted by Crippen LogP contribution is -2.54. The van der Waals surface area contributed by atoms with Crippen LogP contribution in [0.15, 0.2) is 58.3 Å². The Balaban J connectivity index is 0.000000396. The fraction of sp³-hybridized carbons (Fsp3) is 0.455. The molecule has 0 N–H and O–H groups in total. The molecule has 1 aliphatic rings. The van der Waals surface area contributed by atoms with Crippen LogP contribution in [0, 0.1) is 0 Å². The van der Waals surface area contributed by atoms with Crippen LogP contribution >= 0.6 is 11.8 Å². The molecule has 3 rings (SSSR count). The van der Waals surface area contributed by atoms with Gasteiger partial charge < -0.3 is 13.9 Å². The smallest absolute Gasteiger partial charge is 0.217 e. The van der Waals surface area contributed by atoms with Gasteiger partial charge in [0.2, 0.25) is 10.4 Å². The Morgan fingerprint density at radius 3 is 1.83 bits per heavy atom. The average molecular weight is 453 g/mol. The second-order valence-electron chi connectivity index (χ2n) is 7.42. The zero-order valence-electron chi connectivity index (χ0n) is 18.4. The zero-order valence-corrected chi connectivity index (χ0v) is 20.0. The number of para-hydroxylation sites is 2. The molecule has 0 spiro atoms. The normalized spacial score (nSPS) is 14.3. The van der Waals surface area contributed by atoms with Crippen molar-refractivity contribution in [1.82, 2.24) is 0 Å². The van der Waals surface area contributed by atoms with E-state index in [2.05, 4.69) is 85.4 Å². The molecule has 8 heteroatoms. The topological polar surface area (TPSA) is 69.7 Å². The maximum atomic E-state index is 9.45. The van der Waals surface area contributed by atoms with Crippen molar-refractivity contribution in [1.29, 1.82) is 0 Å². The first-order valence-electron chi connectivity index (χ1n) is 10.2. The lowest BCUT2D eigenvalue weighted by Gasteiger charge is -2.42. The van der Waals surface area contributed by atoms with Crippen molar-refractivity contribution >= 4 is 33.5 Å². The number of likely N-dealkylation sites (N-methyl/N-ethyl adjacent to an activating group) is 1. The van der Waals surface area contributed by atoms with Crippen LogP contribution in [-0.4, -0.2) is 56.8 Å². The molecule has 0 saturated heterocycles. The summed E-state index contributed by atoms with van der Waals surface area (Å²) >= 11 is 1.89. The molecule has 0 aromatic heterocycles. The molecule has 1 atom stereocenters. The van der Waals surface area contributed by atoms with Gasteiger partial charge in [-0.05, 0) is 52.0 Å². The van der Waals surface area contributed by atoms with Gasteiger partial charge in [-0.15, -0.1) is 0 Å². The van der Waals surface area contributed by atoms with Gasteiger partial charge in [-0.1, -0.05) is 36.0 Å². The number of benzene rings is 2. The van der Waals surface area contributed by atoms with Gasteiger partial charge in [0.1, 0.15) is 6.04 Å². The van der Waals surface area contributed by atoms with Crippen molar-refractivity contribution in [3.8, 4) is 0 Å². The van der Waals surface area contributed by atoms with Gasteiger partial charge in [0.05, 0.1) is 44.7 Å². The summed E-state index contributed by atoms with van der Waals surface area (Å²) in [5.41, 5.74) is 2.70. The van der Waals surface area contributed by atoms with Gasteiger partial charge in [-0.25, -0.2) is 8.42 Å². The van der Waals surface area contributed by atoms with E-state index in [0.29, 0.717) is 6.04 Å². The van der Waals surface area contributed by atoms with E-state index in [0.717, 1.165) is 11.0 Å². The van der Waals surface area contributed by atoms with E-state index in [1.54, 1.807) is 0 Å². The van der Waals surface area contributed by atoms with Gasteiger partial charge in [-0.2, -0.15) is 0 Å². The second-order valence-corrected chi connectivity index (χ2v) is 9.56. The average Bonchev–Trinajstić information content (AvgIpc) is 2.72. The lowest BCUT2D eigenvalue weighted by atomic mass is 10.1. The van der Waals surface area contributed by atoms with Gasteiger partial charge in [0, 0.05) is 9.79 Å². The van der Waals surface area contributed by atoms with Crippen LogP contribution in [-0.2, 0) is 14.6 Å². The Morgan fingerprint density at radius 1 is 1.00 bits per heavy atom. The van der Waals surface area contributed by atoms with Crippen LogP contribution in [0.1, 0.15) is 27.7 Å². The summed E-state index contributed by atoms with van der Waals surface area (Å²) in [4.78, 5) is 5.24. The molecule has 0 bridgehead atoms. The SMILES string of the molecule is CCOS(=O)(=O)[O-].CC[N+](C)(CC)C(C)CN1c2ccccc2Sc2ccccc21. The van der Waals surface area contributed by atoms with Gasteiger partial charge in [-0.3, -0.25) is 4.18 Å². The number of nitrogens with zero attached hydrogens (tertiary/aromatic N) is 2. The maximum Gasteiger partial charge on any atom is 0.217 e. The van der Waals surface area contributed by atoms with E-state index in [4.69, 9.17) is 0 Å². The van der Waals surface area contributed by atoms with Crippen LogP contribution in [0.2, 0.25) is 0 Å². The van der Waals surface area contributed by atoms with Crippen LogP contribution in [0.25, 0.3) is 0 Å². The summed E-state index contributed by atoms with van der Waals surface area (Å²) in [5, 5.41) is 0. The van der Waals surface area contributed by atoms with Crippen LogP contribution in [0.4, 0.5) is 11.4 Å². The largest absolute Gasteiger partial charge is 0.726 e. The minimum atomic E-state index is -4.42. The number of quaternary nitrogens is 1. The molecule has 1 unspecified atom stereocenters. The molecule has 2 aromatic rings. The van der Waals surface area contributed by atoms with Crippen molar-refractivity contribution in [2.45, 2.75) is 43.5 Å². The predicted octanol–water partition coefficient (Wildman–Crippen LogP) is 4.65. The Morgan fingerprint density at radius 2 is 1.47 bits per heavy atom. The van der Waals surface area contributed by atoms with Gasteiger partial charge in [0.25, 0.3) is 0 Å². The molecule has 6 nitrogen and oxygen atoms in total. The minimum absolute atomic E-state index is 0.0914. The van der Waals surface area contributed by atoms with Crippen LogP contribution in [0.3, 0.4) is 0 Å². The molecular weight excluding hydrogens is 420 g/mol. The first-order valence-corrected chi connectivity index (χ1v) is 12.4. The van der Waals surface area contributed by atoms with Crippen molar-refractivity contribution in [2.75, 3.05) is 38.2 Å². The monoisotopic (exact) mass is 452 g/mol. The molecule has 0 aliphatic carbocycles. The molecule has 1 aliphatic heterocycles. The Hall–Kier alpha value is -1.58. The standard InChI is InChI=1S/C20H27N2S.C2H6O4S/c1-5-22(4,6-2)16(3)15-21-17-11-7-9-13-19(17)23-20-14-10-8-12-18(20)21;1-2-6-7(3,4)5/h7-14,16H,5-6,15H2,1-4H3;2H2,1H3,(H,3,4,5)/q+1;/p-1. The highest BCUT2D eigenvalue weighted by atomic mass is 32.3. The molecule has 0 saturated carbocycles. The highest BCUT2D eigenvalue weighted by molar-refractivity contribution is 7.99. The van der Waals surface area contributed by atoms with E-state index < -0.39 is 10.4 Å². The highest BCUT2D eigenvalue weighted by Gasteiger charge is 2.31. The Bertz CT molecular complexity index is 885. The Kier molecular flexibility index (Phi) is 8.75. The zero-order chi connectivity index (χ0) is 22.4. The van der Waals surface area contributed by atoms with E-state index in [1.165, 1.54) is 41.2 Å². The molecule has 2 aromatic carbocycles. The fourth-order valence-corrected chi connectivity index (χ4v) is 4.81. The third-order valence-corrected chi connectivity index (χ3v) is 7.40. The number of hydrogen-bond donors (Lipinski definition) is 0. The summed E-state index contributed by atoms with van der Waals surface area (Å²) in [6.07, 6.45) is 0. The van der Waals surface area contributed by atoms with Crippen molar-refractivity contribution in [2.24, 2.45) is 0 Å². The number of anilines is 2.